The molecule has 0 fully saturated rings. The van der Waals surface area contributed by atoms with Crippen molar-refractivity contribution in [3.05, 3.63) is 40.6 Å². The van der Waals surface area contributed by atoms with Crippen LogP contribution in [0.1, 0.15) is 23.7 Å². The van der Waals surface area contributed by atoms with Crippen LogP contribution in [0.5, 0.6) is 5.75 Å². The molecule has 130 valence electrons. The molecule has 0 spiro atoms. The Morgan fingerprint density at radius 3 is 2.38 bits per heavy atom. The summed E-state index contributed by atoms with van der Waals surface area (Å²) in [5.74, 6) is -0.832. The van der Waals surface area contributed by atoms with Gasteiger partial charge in [-0.1, -0.05) is 0 Å². The maximum absolute atomic E-state index is 14.3. The molecular weight excluding hydrogens is 316 g/mol. The molecule has 0 radical (unpaired) electrons. The maximum Gasteiger partial charge on any atom is 0.144 e. The summed E-state index contributed by atoms with van der Waals surface area (Å²) in [5, 5.41) is 11.8. The van der Waals surface area contributed by atoms with Gasteiger partial charge >= 0.3 is 0 Å². The van der Waals surface area contributed by atoms with Gasteiger partial charge in [-0.2, -0.15) is 5.10 Å². The molecule has 2 rings (SSSR count). The van der Waals surface area contributed by atoms with Crippen molar-refractivity contribution in [1.82, 2.24) is 9.78 Å². The van der Waals surface area contributed by atoms with Crippen LogP contribution in [0.3, 0.4) is 0 Å². The van der Waals surface area contributed by atoms with Gasteiger partial charge in [0.15, 0.2) is 0 Å². The van der Waals surface area contributed by atoms with Crippen LogP contribution in [-0.4, -0.2) is 36.3 Å². The van der Waals surface area contributed by atoms with Crippen LogP contribution in [-0.2, 0) is 6.54 Å². The topological polar surface area (TPSA) is 80.2 Å². The Balaban J connectivity index is 2.48. The second kappa shape index (κ2) is 6.86. The molecule has 0 saturated carbocycles. The summed E-state index contributed by atoms with van der Waals surface area (Å²) in [6.45, 7) is 3.71. The van der Waals surface area contributed by atoms with Gasteiger partial charge in [-0.3, -0.25) is 5.41 Å². The first-order valence-electron chi connectivity index (χ1n) is 7.46. The minimum Gasteiger partial charge on any atom is -0.494 e. The molecule has 6 nitrogen and oxygen atoms in total. The zero-order valence-corrected chi connectivity index (χ0v) is 14.2. The number of rotatable bonds is 6. The number of benzene rings is 1. The first kappa shape index (κ1) is 17.7. The molecule has 8 heteroatoms. The van der Waals surface area contributed by atoms with Crippen LogP contribution in [0.15, 0.2) is 12.1 Å². The molecule has 1 aromatic carbocycles. The van der Waals surface area contributed by atoms with E-state index in [0.29, 0.717) is 23.7 Å². The van der Waals surface area contributed by atoms with E-state index < -0.39 is 11.6 Å². The summed E-state index contributed by atoms with van der Waals surface area (Å²) < 4.78 is 35.1. The Labute approximate surface area is 139 Å². The number of hydrogen-bond donors (Lipinski definition) is 2. The number of anilines is 1. The van der Waals surface area contributed by atoms with E-state index in [4.69, 9.17) is 15.9 Å². The third kappa shape index (κ3) is 3.32. The predicted molar refractivity (Wildman–Crippen MR) is 88.9 cm³/mol. The summed E-state index contributed by atoms with van der Waals surface area (Å²) in [5.41, 5.74) is 6.38. The monoisotopic (exact) mass is 337 g/mol. The largest absolute Gasteiger partial charge is 0.494 e. The van der Waals surface area contributed by atoms with Crippen LogP contribution < -0.4 is 15.4 Å². The normalized spacial score (nSPS) is 10.8. The Kier molecular flexibility index (Phi) is 5.06. The van der Waals surface area contributed by atoms with Crippen molar-refractivity contribution in [2.45, 2.75) is 20.4 Å². The molecule has 0 unspecified atom stereocenters. The number of halogens is 2. The van der Waals surface area contributed by atoms with Gasteiger partial charge in [0.2, 0.25) is 0 Å². The summed E-state index contributed by atoms with van der Waals surface area (Å²) in [6, 6.07) is 2.30. The van der Waals surface area contributed by atoms with Gasteiger partial charge in [-0.15, -0.1) is 0 Å². The standard InChI is InChI=1S/C16H21F2N5O/c1-5-24-10-6-12(17)11(13(18)7-10)8-23-16(22(3)4)9(2)14(21-23)15(19)20/h6-7H,5,8H2,1-4H3,(H3,19,20). The van der Waals surface area contributed by atoms with Crippen LogP contribution in [0.4, 0.5) is 14.6 Å². The first-order valence-corrected chi connectivity index (χ1v) is 7.46. The molecule has 0 atom stereocenters. The SMILES string of the molecule is CCOc1cc(F)c(Cn2nc(C(=N)N)c(C)c2N(C)C)c(F)c1. The van der Waals surface area contributed by atoms with Crippen LogP contribution in [0.25, 0.3) is 0 Å². The van der Waals surface area contributed by atoms with E-state index in [9.17, 15) is 8.78 Å². The number of ether oxygens (including phenoxy) is 1. The second-order valence-electron chi connectivity index (χ2n) is 5.56. The lowest BCUT2D eigenvalue weighted by atomic mass is 10.2. The van der Waals surface area contributed by atoms with Gasteiger partial charge in [0.05, 0.1) is 13.2 Å². The molecule has 2 aromatic rings. The number of nitrogens with zero attached hydrogens (tertiary/aromatic N) is 3. The minimum absolute atomic E-state index is 0.119. The van der Waals surface area contributed by atoms with Gasteiger partial charge in [0.25, 0.3) is 0 Å². The molecule has 0 aliphatic rings. The Bertz CT molecular complexity index is 747. The van der Waals surface area contributed by atoms with Gasteiger partial charge in [-0.25, -0.2) is 13.5 Å². The van der Waals surface area contributed by atoms with Crippen LogP contribution >= 0.6 is 0 Å². The molecule has 3 N–H and O–H groups in total. The Morgan fingerprint density at radius 2 is 1.92 bits per heavy atom. The maximum atomic E-state index is 14.3. The molecule has 1 aromatic heterocycles. The number of hydrogen-bond acceptors (Lipinski definition) is 4. The summed E-state index contributed by atoms with van der Waals surface area (Å²) in [6.07, 6.45) is 0. The number of amidine groups is 1. The van der Waals surface area contributed by atoms with E-state index >= 15 is 0 Å². The van der Waals surface area contributed by atoms with Crippen molar-refractivity contribution in [2.75, 3.05) is 25.6 Å². The van der Waals surface area contributed by atoms with E-state index in [1.807, 2.05) is 0 Å². The molecule has 0 aliphatic heterocycles. The highest BCUT2D eigenvalue weighted by Gasteiger charge is 2.20. The van der Waals surface area contributed by atoms with Gasteiger partial charge in [-0.05, 0) is 13.8 Å². The zero-order chi connectivity index (χ0) is 18.0. The number of aromatic nitrogens is 2. The molecule has 24 heavy (non-hydrogen) atoms. The third-order valence-electron chi connectivity index (χ3n) is 3.57. The number of nitrogens with two attached hydrogens (primary N) is 1. The summed E-state index contributed by atoms with van der Waals surface area (Å²) in [4.78, 5) is 1.76. The smallest absolute Gasteiger partial charge is 0.144 e. The van der Waals surface area contributed by atoms with E-state index in [1.165, 1.54) is 4.68 Å². The van der Waals surface area contributed by atoms with Crippen molar-refractivity contribution in [1.29, 1.82) is 5.41 Å². The molecule has 1 heterocycles. The van der Waals surface area contributed by atoms with Crippen molar-refractivity contribution >= 4 is 11.7 Å². The van der Waals surface area contributed by atoms with Crippen LogP contribution in [0.2, 0.25) is 0 Å². The molecule has 0 saturated heterocycles. The fraction of sp³-hybridized carbons (Fsp3) is 0.375. The molecule has 0 amide bonds. The Morgan fingerprint density at radius 1 is 1.33 bits per heavy atom. The lowest BCUT2D eigenvalue weighted by molar-refractivity contribution is 0.335. The van der Waals surface area contributed by atoms with Crippen molar-refractivity contribution < 1.29 is 13.5 Å². The van der Waals surface area contributed by atoms with Crippen molar-refractivity contribution in [2.24, 2.45) is 5.73 Å². The lowest BCUT2D eigenvalue weighted by Gasteiger charge is -2.17. The minimum atomic E-state index is -0.708. The van der Waals surface area contributed by atoms with Crippen molar-refractivity contribution in [3.63, 3.8) is 0 Å². The van der Waals surface area contributed by atoms with Gasteiger partial charge in [0, 0.05) is 37.4 Å². The van der Waals surface area contributed by atoms with E-state index in [-0.39, 0.29) is 23.7 Å². The zero-order valence-electron chi connectivity index (χ0n) is 14.2. The highest BCUT2D eigenvalue weighted by molar-refractivity contribution is 5.95. The fourth-order valence-electron chi connectivity index (χ4n) is 2.61. The summed E-state index contributed by atoms with van der Waals surface area (Å²) in [7, 11) is 3.57. The quantitative estimate of drug-likeness (QED) is 0.626. The predicted octanol–water partition coefficient (Wildman–Crippen LogP) is 2.27. The highest BCUT2D eigenvalue weighted by atomic mass is 19.1. The second-order valence-corrected chi connectivity index (χ2v) is 5.56. The molecule has 0 bridgehead atoms. The molecular formula is C16H21F2N5O. The molecule has 0 aliphatic carbocycles. The van der Waals surface area contributed by atoms with Gasteiger partial charge in [0.1, 0.15) is 34.7 Å². The Hall–Kier alpha value is -2.64. The number of nitrogen functional groups attached to an aromatic ring is 1. The first-order chi connectivity index (χ1) is 11.3. The highest BCUT2D eigenvalue weighted by Crippen LogP contribution is 2.26. The van der Waals surface area contributed by atoms with E-state index in [0.717, 1.165) is 12.1 Å². The summed E-state index contributed by atoms with van der Waals surface area (Å²) >= 11 is 0. The fourth-order valence-corrected chi connectivity index (χ4v) is 2.61. The van der Waals surface area contributed by atoms with Crippen molar-refractivity contribution in [3.8, 4) is 5.75 Å². The average molecular weight is 337 g/mol. The van der Waals surface area contributed by atoms with Gasteiger partial charge < -0.3 is 15.4 Å². The lowest BCUT2D eigenvalue weighted by Crippen LogP contribution is -2.17. The number of nitrogens with one attached hydrogen (secondary N) is 1. The van der Waals surface area contributed by atoms with E-state index in [2.05, 4.69) is 5.10 Å². The van der Waals surface area contributed by atoms with E-state index in [1.54, 1.807) is 32.8 Å². The average Bonchev–Trinajstić information content (AvgIpc) is 2.80. The third-order valence-corrected chi connectivity index (χ3v) is 3.57. The van der Waals surface area contributed by atoms with Crippen LogP contribution in [0, 0.1) is 24.0 Å².